The van der Waals surface area contributed by atoms with E-state index in [0.29, 0.717) is 0 Å². The van der Waals surface area contributed by atoms with Gasteiger partial charge in [-0.2, -0.15) is 0 Å². The quantitative estimate of drug-likeness (QED) is 0.606. The minimum atomic E-state index is -0.267. The maximum Gasteiger partial charge on any atom is 0.0692 e. The first-order valence-electron chi connectivity index (χ1n) is 4.65. The summed E-state index contributed by atoms with van der Waals surface area (Å²) in [7, 11) is 0. The standard InChI is InChI=1S/C10H18O/c1-9(11)7-8-10-5-3-2-4-6-10/h7-11H,2-6H2,1H3/b8-7+. The third-order valence-corrected chi connectivity index (χ3v) is 2.31. The summed E-state index contributed by atoms with van der Waals surface area (Å²) in [4.78, 5) is 0. The molecule has 1 nitrogen and oxygen atoms in total. The summed E-state index contributed by atoms with van der Waals surface area (Å²) in [6.07, 6.45) is 10.6. The third kappa shape index (κ3) is 3.57. The zero-order chi connectivity index (χ0) is 8.10. The molecule has 1 rings (SSSR count). The average Bonchev–Trinajstić information content (AvgIpc) is 2.03. The maximum absolute atomic E-state index is 9.00. The van der Waals surface area contributed by atoms with Gasteiger partial charge >= 0.3 is 0 Å². The van der Waals surface area contributed by atoms with E-state index in [9.17, 15) is 0 Å². The first-order valence-corrected chi connectivity index (χ1v) is 4.65. The molecule has 0 bridgehead atoms. The molecule has 1 heteroatoms. The van der Waals surface area contributed by atoms with Crippen molar-refractivity contribution < 1.29 is 5.11 Å². The molecule has 0 aromatic rings. The second kappa shape index (κ2) is 4.55. The number of aliphatic hydroxyl groups is 1. The molecule has 0 spiro atoms. The minimum Gasteiger partial charge on any atom is -0.389 e. The molecule has 11 heavy (non-hydrogen) atoms. The van der Waals surface area contributed by atoms with Crippen molar-refractivity contribution in [3.63, 3.8) is 0 Å². The Hall–Kier alpha value is -0.300. The zero-order valence-corrected chi connectivity index (χ0v) is 7.29. The van der Waals surface area contributed by atoms with Gasteiger partial charge in [0.15, 0.2) is 0 Å². The van der Waals surface area contributed by atoms with Crippen LogP contribution in [0.4, 0.5) is 0 Å². The fraction of sp³-hybridized carbons (Fsp3) is 0.800. The summed E-state index contributed by atoms with van der Waals surface area (Å²) < 4.78 is 0. The topological polar surface area (TPSA) is 20.2 Å². The maximum atomic E-state index is 9.00. The van der Waals surface area contributed by atoms with Crippen molar-refractivity contribution in [1.29, 1.82) is 0 Å². The first-order chi connectivity index (χ1) is 5.29. The normalized spacial score (nSPS) is 24.2. The summed E-state index contributed by atoms with van der Waals surface area (Å²) in [6.45, 7) is 1.80. The van der Waals surface area contributed by atoms with E-state index < -0.39 is 0 Å². The van der Waals surface area contributed by atoms with Gasteiger partial charge in [-0.05, 0) is 25.7 Å². The van der Waals surface area contributed by atoms with Crippen LogP contribution in [0.15, 0.2) is 12.2 Å². The monoisotopic (exact) mass is 154 g/mol. The van der Waals surface area contributed by atoms with Gasteiger partial charge < -0.3 is 5.11 Å². The van der Waals surface area contributed by atoms with Gasteiger partial charge in [0.05, 0.1) is 6.10 Å². The van der Waals surface area contributed by atoms with Crippen LogP contribution in [-0.4, -0.2) is 11.2 Å². The second-order valence-electron chi connectivity index (χ2n) is 3.52. The molecule has 1 atom stereocenters. The number of allylic oxidation sites excluding steroid dienone is 1. The van der Waals surface area contributed by atoms with Gasteiger partial charge in [-0.1, -0.05) is 31.4 Å². The molecule has 1 aliphatic carbocycles. The molecule has 0 heterocycles. The van der Waals surface area contributed by atoms with Crippen LogP contribution >= 0.6 is 0 Å². The Kier molecular flexibility index (Phi) is 3.64. The molecule has 1 unspecified atom stereocenters. The van der Waals surface area contributed by atoms with E-state index in [-0.39, 0.29) is 6.10 Å². The predicted octanol–water partition coefficient (Wildman–Crippen LogP) is 2.50. The highest BCUT2D eigenvalue weighted by molar-refractivity contribution is 4.92. The molecular weight excluding hydrogens is 136 g/mol. The van der Waals surface area contributed by atoms with Crippen molar-refractivity contribution in [2.45, 2.75) is 45.1 Å². The fourth-order valence-electron chi connectivity index (χ4n) is 1.64. The average molecular weight is 154 g/mol. The van der Waals surface area contributed by atoms with E-state index in [2.05, 4.69) is 6.08 Å². The van der Waals surface area contributed by atoms with Gasteiger partial charge in [0.1, 0.15) is 0 Å². The van der Waals surface area contributed by atoms with Crippen LogP contribution in [0.25, 0.3) is 0 Å². The summed E-state index contributed by atoms with van der Waals surface area (Å²) in [5.41, 5.74) is 0. The molecule has 1 aliphatic rings. The molecule has 0 radical (unpaired) electrons. The molecule has 1 N–H and O–H groups in total. The van der Waals surface area contributed by atoms with E-state index in [0.717, 1.165) is 5.92 Å². The van der Waals surface area contributed by atoms with Crippen molar-refractivity contribution in [2.24, 2.45) is 5.92 Å². The van der Waals surface area contributed by atoms with Crippen molar-refractivity contribution in [3.8, 4) is 0 Å². The van der Waals surface area contributed by atoms with Crippen LogP contribution in [0.1, 0.15) is 39.0 Å². The van der Waals surface area contributed by atoms with Crippen molar-refractivity contribution in [1.82, 2.24) is 0 Å². The molecule has 64 valence electrons. The number of hydrogen-bond donors (Lipinski definition) is 1. The Balaban J connectivity index is 2.23. The third-order valence-electron chi connectivity index (χ3n) is 2.31. The Morgan fingerprint density at radius 1 is 1.27 bits per heavy atom. The molecule has 0 saturated heterocycles. The van der Waals surface area contributed by atoms with Gasteiger partial charge in [-0.25, -0.2) is 0 Å². The molecule has 0 aliphatic heterocycles. The van der Waals surface area contributed by atoms with Crippen LogP contribution in [0.3, 0.4) is 0 Å². The summed E-state index contributed by atoms with van der Waals surface area (Å²) >= 11 is 0. The van der Waals surface area contributed by atoms with Crippen molar-refractivity contribution in [3.05, 3.63) is 12.2 Å². The highest BCUT2D eigenvalue weighted by Gasteiger charge is 2.09. The summed E-state index contributed by atoms with van der Waals surface area (Å²) in [6, 6.07) is 0. The largest absolute Gasteiger partial charge is 0.389 e. The van der Waals surface area contributed by atoms with Crippen LogP contribution < -0.4 is 0 Å². The fourth-order valence-corrected chi connectivity index (χ4v) is 1.64. The summed E-state index contributed by atoms with van der Waals surface area (Å²) in [5, 5.41) is 9.00. The zero-order valence-electron chi connectivity index (χ0n) is 7.29. The number of aliphatic hydroxyl groups excluding tert-OH is 1. The van der Waals surface area contributed by atoms with Gasteiger partial charge in [0.25, 0.3) is 0 Å². The van der Waals surface area contributed by atoms with E-state index in [1.807, 2.05) is 6.08 Å². The lowest BCUT2D eigenvalue weighted by Gasteiger charge is -2.17. The second-order valence-corrected chi connectivity index (χ2v) is 3.52. The van der Waals surface area contributed by atoms with E-state index >= 15 is 0 Å². The molecule has 1 fully saturated rings. The molecule has 0 aromatic carbocycles. The Bertz CT molecular complexity index is 121. The van der Waals surface area contributed by atoms with E-state index in [4.69, 9.17) is 5.11 Å². The highest BCUT2D eigenvalue weighted by Crippen LogP contribution is 2.24. The van der Waals surface area contributed by atoms with E-state index in [1.54, 1.807) is 6.92 Å². The lowest BCUT2D eigenvalue weighted by Crippen LogP contribution is -2.04. The highest BCUT2D eigenvalue weighted by atomic mass is 16.3. The van der Waals surface area contributed by atoms with Gasteiger partial charge in [-0.15, -0.1) is 0 Å². The van der Waals surface area contributed by atoms with Crippen molar-refractivity contribution in [2.75, 3.05) is 0 Å². The predicted molar refractivity (Wildman–Crippen MR) is 47.4 cm³/mol. The molecule has 1 saturated carbocycles. The number of hydrogen-bond acceptors (Lipinski definition) is 1. The van der Waals surface area contributed by atoms with Gasteiger partial charge in [0.2, 0.25) is 0 Å². The Morgan fingerprint density at radius 2 is 1.91 bits per heavy atom. The Labute approximate surface area is 69.1 Å². The van der Waals surface area contributed by atoms with Crippen LogP contribution in [-0.2, 0) is 0 Å². The molecule has 0 amide bonds. The first kappa shape index (κ1) is 8.79. The SMILES string of the molecule is CC(O)/C=C/C1CCCCC1. The lowest BCUT2D eigenvalue weighted by atomic mass is 9.89. The van der Waals surface area contributed by atoms with E-state index in [1.165, 1.54) is 32.1 Å². The Morgan fingerprint density at radius 3 is 2.45 bits per heavy atom. The minimum absolute atomic E-state index is 0.267. The van der Waals surface area contributed by atoms with Gasteiger partial charge in [-0.3, -0.25) is 0 Å². The number of rotatable bonds is 2. The van der Waals surface area contributed by atoms with Crippen LogP contribution in [0, 0.1) is 5.92 Å². The van der Waals surface area contributed by atoms with Crippen LogP contribution in [0.5, 0.6) is 0 Å². The molecular formula is C10H18O. The van der Waals surface area contributed by atoms with Gasteiger partial charge in [0, 0.05) is 0 Å². The summed E-state index contributed by atoms with van der Waals surface area (Å²) in [5.74, 6) is 0.748. The van der Waals surface area contributed by atoms with Crippen molar-refractivity contribution >= 4 is 0 Å². The lowest BCUT2D eigenvalue weighted by molar-refractivity contribution is 0.242. The van der Waals surface area contributed by atoms with Crippen LogP contribution in [0.2, 0.25) is 0 Å². The smallest absolute Gasteiger partial charge is 0.0692 e. The molecule has 0 aromatic heterocycles.